The van der Waals surface area contributed by atoms with Gasteiger partial charge in [0.1, 0.15) is 29.8 Å². The third kappa shape index (κ3) is 7.20. The van der Waals surface area contributed by atoms with E-state index in [2.05, 4.69) is 41.4 Å². The molecule has 3 saturated heterocycles. The first kappa shape index (κ1) is 37.2. The first-order valence-electron chi connectivity index (χ1n) is 20.0. The van der Waals surface area contributed by atoms with Crippen molar-refractivity contribution in [3.63, 3.8) is 0 Å². The van der Waals surface area contributed by atoms with Gasteiger partial charge in [0.25, 0.3) is 17.7 Å². The fourth-order valence-electron chi connectivity index (χ4n) is 8.83. The number of carbonyl (C=O) groups excluding carboxylic acids is 5. The van der Waals surface area contributed by atoms with E-state index < -0.39 is 29.7 Å². The van der Waals surface area contributed by atoms with Crippen molar-refractivity contribution in [1.82, 2.24) is 30.4 Å². The minimum Gasteiger partial charge on any atom is -0.490 e. The molecule has 58 heavy (non-hydrogen) atoms. The number of ether oxygens (including phenoxy) is 1. The van der Waals surface area contributed by atoms with Gasteiger partial charge in [-0.1, -0.05) is 0 Å². The molecule has 0 spiro atoms. The van der Waals surface area contributed by atoms with Crippen LogP contribution in [-0.4, -0.2) is 113 Å². The SMILES string of the molecule is N#Cc1ccc(OC2CC(NC(=O)c3ccc(N4CCC(CN5CCN(c6ccc7c(c6)C(=O)N(C6CCC(=O)NC6=O)C7=O)CC5)CC4)nc3)C2)c2cccnc12. The van der Waals surface area contributed by atoms with Crippen LogP contribution in [0.2, 0.25) is 0 Å². The van der Waals surface area contributed by atoms with Crippen LogP contribution in [0.1, 0.15) is 75.2 Å². The topological polar surface area (TPSA) is 181 Å². The van der Waals surface area contributed by atoms with Crippen LogP contribution >= 0.6 is 0 Å². The van der Waals surface area contributed by atoms with Gasteiger partial charge in [0.15, 0.2) is 0 Å². The van der Waals surface area contributed by atoms with Gasteiger partial charge in [0.2, 0.25) is 11.8 Å². The van der Waals surface area contributed by atoms with Crippen molar-refractivity contribution >= 4 is 51.9 Å². The van der Waals surface area contributed by atoms with E-state index in [9.17, 15) is 29.2 Å². The number of hydrogen-bond acceptors (Lipinski definition) is 12. The molecule has 1 aliphatic carbocycles. The molecule has 0 bridgehead atoms. The predicted octanol–water partition coefficient (Wildman–Crippen LogP) is 3.28. The number of aromatic nitrogens is 2. The summed E-state index contributed by atoms with van der Waals surface area (Å²) in [5.41, 5.74) is 3.13. The molecule has 9 rings (SSSR count). The molecule has 4 aliphatic heterocycles. The van der Waals surface area contributed by atoms with Gasteiger partial charge in [-0.2, -0.15) is 5.26 Å². The molecule has 4 aromatic rings. The number of anilines is 2. The van der Waals surface area contributed by atoms with E-state index in [1.54, 1.807) is 30.6 Å². The predicted molar refractivity (Wildman–Crippen MR) is 212 cm³/mol. The van der Waals surface area contributed by atoms with Crippen molar-refractivity contribution in [1.29, 1.82) is 5.26 Å². The number of pyridine rings is 2. The van der Waals surface area contributed by atoms with Crippen molar-refractivity contribution in [3.8, 4) is 11.8 Å². The number of rotatable bonds is 9. The number of carbonyl (C=O) groups is 5. The third-order valence-corrected chi connectivity index (χ3v) is 12.2. The average Bonchev–Trinajstić information content (AvgIpc) is 3.48. The van der Waals surface area contributed by atoms with Crippen molar-refractivity contribution in [2.75, 3.05) is 55.6 Å². The lowest BCUT2D eigenvalue weighted by molar-refractivity contribution is -0.136. The smallest absolute Gasteiger partial charge is 0.262 e. The zero-order valence-corrected chi connectivity index (χ0v) is 31.9. The number of nitrogens with one attached hydrogen (secondary N) is 2. The minimum absolute atomic E-state index is 0.0125. The molecule has 1 unspecified atom stereocenters. The Morgan fingerprint density at radius 1 is 0.879 bits per heavy atom. The molecule has 2 N–H and O–H groups in total. The molecular formula is C43H43N9O6. The number of nitrogens with zero attached hydrogens (tertiary/aromatic N) is 7. The molecule has 4 fully saturated rings. The molecule has 2 aromatic heterocycles. The number of hydrogen-bond donors (Lipinski definition) is 2. The summed E-state index contributed by atoms with van der Waals surface area (Å²) in [5.74, 6) is -0.000291. The van der Waals surface area contributed by atoms with E-state index in [1.807, 2.05) is 36.4 Å². The van der Waals surface area contributed by atoms with E-state index in [-0.39, 0.29) is 30.9 Å². The number of piperazine rings is 1. The van der Waals surface area contributed by atoms with Gasteiger partial charge >= 0.3 is 0 Å². The van der Waals surface area contributed by atoms with Crippen LogP contribution in [0.5, 0.6) is 5.75 Å². The maximum atomic E-state index is 13.3. The van der Waals surface area contributed by atoms with Gasteiger partial charge < -0.3 is 19.9 Å². The number of benzene rings is 2. The summed E-state index contributed by atoms with van der Waals surface area (Å²) in [6, 6.07) is 17.6. The van der Waals surface area contributed by atoms with E-state index in [0.717, 1.165) is 80.4 Å². The fourth-order valence-corrected chi connectivity index (χ4v) is 8.83. The Bertz CT molecular complexity index is 2340. The normalized spacial score (nSPS) is 22.7. The largest absolute Gasteiger partial charge is 0.490 e. The van der Waals surface area contributed by atoms with Gasteiger partial charge in [-0.15, -0.1) is 0 Å². The van der Waals surface area contributed by atoms with E-state index in [4.69, 9.17) is 4.74 Å². The zero-order chi connectivity index (χ0) is 39.9. The maximum absolute atomic E-state index is 13.3. The number of nitriles is 1. The minimum atomic E-state index is -0.975. The Balaban J connectivity index is 0.705. The molecule has 1 atom stereocenters. The standard InChI is InChI=1S/C43H43N9O6/c44-23-27-3-8-36(33-2-1-13-45-39(27)33)58-31-20-29(21-31)47-40(54)28-4-9-37(46-24-28)51-14-11-26(12-15-51)25-49-16-18-50(19-17-49)30-5-6-32-34(22-30)43(57)52(42(32)56)35-7-10-38(53)48-41(35)55/h1-6,8-9,13,22,24,26,29,31,35H,7,10-12,14-21,25H2,(H,47,54)(H,48,53,55). The summed E-state index contributed by atoms with van der Waals surface area (Å²) in [7, 11) is 0. The summed E-state index contributed by atoms with van der Waals surface area (Å²) in [6.07, 6.45) is 7.00. The summed E-state index contributed by atoms with van der Waals surface area (Å²) in [5, 5.41) is 15.6. The molecule has 15 heteroatoms. The number of amides is 5. The second-order valence-electron chi connectivity index (χ2n) is 15.8. The Morgan fingerprint density at radius 3 is 2.41 bits per heavy atom. The maximum Gasteiger partial charge on any atom is 0.262 e. The van der Waals surface area contributed by atoms with Crippen molar-refractivity contribution in [2.45, 2.75) is 56.7 Å². The highest BCUT2D eigenvalue weighted by Crippen LogP contribution is 2.34. The highest BCUT2D eigenvalue weighted by atomic mass is 16.5. The Labute approximate surface area is 334 Å². The van der Waals surface area contributed by atoms with Crippen molar-refractivity contribution < 1.29 is 28.7 Å². The molecule has 0 radical (unpaired) electrons. The molecule has 5 amide bonds. The summed E-state index contributed by atoms with van der Waals surface area (Å²) in [4.78, 5) is 80.5. The van der Waals surface area contributed by atoms with Crippen LogP contribution in [-0.2, 0) is 9.59 Å². The van der Waals surface area contributed by atoms with E-state index >= 15 is 0 Å². The number of fused-ring (bicyclic) bond motifs is 2. The molecule has 1 saturated carbocycles. The quantitative estimate of drug-likeness (QED) is 0.237. The number of imide groups is 2. The van der Waals surface area contributed by atoms with Gasteiger partial charge in [-0.3, -0.25) is 44.1 Å². The van der Waals surface area contributed by atoms with Gasteiger partial charge in [-0.05, 0) is 79.8 Å². The molecule has 15 nitrogen and oxygen atoms in total. The molecule has 6 heterocycles. The number of piperidine rings is 2. The first-order valence-corrected chi connectivity index (χ1v) is 20.0. The second kappa shape index (κ2) is 15.5. The molecular weight excluding hydrogens is 739 g/mol. The van der Waals surface area contributed by atoms with Crippen LogP contribution in [0.3, 0.4) is 0 Å². The lowest BCUT2D eigenvalue weighted by Gasteiger charge is -2.40. The van der Waals surface area contributed by atoms with Crippen LogP contribution in [0.15, 0.2) is 67.0 Å². The van der Waals surface area contributed by atoms with Crippen LogP contribution in [0.4, 0.5) is 11.5 Å². The summed E-state index contributed by atoms with van der Waals surface area (Å²) >= 11 is 0. The van der Waals surface area contributed by atoms with Crippen LogP contribution in [0.25, 0.3) is 10.9 Å². The van der Waals surface area contributed by atoms with Gasteiger partial charge in [-0.25, -0.2) is 4.98 Å². The first-order chi connectivity index (χ1) is 28.2. The summed E-state index contributed by atoms with van der Waals surface area (Å²) in [6.45, 7) is 6.17. The van der Waals surface area contributed by atoms with Crippen molar-refractivity contribution in [2.24, 2.45) is 5.92 Å². The molecule has 2 aromatic carbocycles. The summed E-state index contributed by atoms with van der Waals surface area (Å²) < 4.78 is 6.22. The van der Waals surface area contributed by atoms with Crippen LogP contribution in [0, 0.1) is 17.2 Å². The highest BCUT2D eigenvalue weighted by Gasteiger charge is 2.45. The van der Waals surface area contributed by atoms with Crippen LogP contribution < -0.4 is 25.2 Å². The highest BCUT2D eigenvalue weighted by molar-refractivity contribution is 6.23. The average molecular weight is 782 g/mol. The van der Waals surface area contributed by atoms with E-state index in [0.29, 0.717) is 52.3 Å². The Kier molecular flexibility index (Phi) is 9.94. The lowest BCUT2D eigenvalue weighted by Crippen LogP contribution is -2.54. The van der Waals surface area contributed by atoms with Gasteiger partial charge in [0, 0.05) is 94.6 Å². The van der Waals surface area contributed by atoms with Crippen molar-refractivity contribution in [3.05, 3.63) is 89.2 Å². The molecule has 296 valence electrons. The molecule has 5 aliphatic rings. The second-order valence-corrected chi connectivity index (χ2v) is 15.8. The fraction of sp³-hybridized carbons (Fsp3) is 0.395. The Hall–Kier alpha value is -6.40. The van der Waals surface area contributed by atoms with Gasteiger partial charge in [0.05, 0.1) is 27.8 Å². The zero-order valence-electron chi connectivity index (χ0n) is 31.9. The Morgan fingerprint density at radius 2 is 1.67 bits per heavy atom. The lowest BCUT2D eigenvalue weighted by atomic mass is 9.89. The van der Waals surface area contributed by atoms with E-state index in [1.165, 1.54) is 0 Å². The monoisotopic (exact) mass is 781 g/mol. The third-order valence-electron chi connectivity index (χ3n) is 12.2.